The zero-order valence-electron chi connectivity index (χ0n) is 14.9. The van der Waals surface area contributed by atoms with Crippen LogP contribution in [0.3, 0.4) is 0 Å². The fraction of sp³-hybridized carbons (Fsp3) is 0.167. The summed E-state index contributed by atoms with van der Waals surface area (Å²) in [6, 6.07) is 13.6. The molecule has 2 aromatic carbocycles. The van der Waals surface area contributed by atoms with E-state index in [-0.39, 0.29) is 18.0 Å². The van der Waals surface area contributed by atoms with Crippen molar-refractivity contribution in [2.75, 3.05) is 10.6 Å². The molecule has 0 aliphatic carbocycles. The van der Waals surface area contributed by atoms with Crippen molar-refractivity contribution in [3.63, 3.8) is 0 Å². The molecule has 9 heteroatoms. The number of urea groups is 1. The molecule has 0 saturated carbocycles. The summed E-state index contributed by atoms with van der Waals surface area (Å²) in [5, 5.41) is 19.3. The van der Waals surface area contributed by atoms with Gasteiger partial charge in [-0.15, -0.1) is 5.10 Å². The van der Waals surface area contributed by atoms with Gasteiger partial charge < -0.3 is 16.0 Å². The number of tetrazole rings is 1. The molecule has 0 unspecified atom stereocenters. The van der Waals surface area contributed by atoms with Gasteiger partial charge in [0.05, 0.1) is 5.69 Å². The summed E-state index contributed by atoms with van der Waals surface area (Å²) in [5.41, 5.74) is 2.40. The van der Waals surface area contributed by atoms with Gasteiger partial charge in [-0.2, -0.15) is 0 Å². The predicted octanol–water partition coefficient (Wildman–Crippen LogP) is 2.44. The molecule has 27 heavy (non-hydrogen) atoms. The Balaban J connectivity index is 1.64. The minimum Gasteiger partial charge on any atom is -0.336 e. The van der Waals surface area contributed by atoms with Crippen molar-refractivity contribution in [1.82, 2.24) is 25.5 Å². The molecule has 0 aliphatic rings. The lowest BCUT2D eigenvalue weighted by Crippen LogP contribution is -2.34. The van der Waals surface area contributed by atoms with Crippen LogP contribution in [0.15, 0.2) is 54.9 Å². The third-order valence-corrected chi connectivity index (χ3v) is 3.54. The number of nitrogens with one attached hydrogen (secondary N) is 3. The summed E-state index contributed by atoms with van der Waals surface area (Å²) in [7, 11) is 0. The van der Waals surface area contributed by atoms with E-state index in [1.54, 1.807) is 48.5 Å². The molecule has 0 saturated heterocycles. The van der Waals surface area contributed by atoms with Crippen molar-refractivity contribution in [2.24, 2.45) is 0 Å². The molecule has 3 amide bonds. The molecule has 3 rings (SSSR count). The molecule has 9 nitrogen and oxygen atoms in total. The third kappa shape index (κ3) is 4.88. The van der Waals surface area contributed by atoms with Gasteiger partial charge in [0.15, 0.2) is 0 Å². The topological polar surface area (TPSA) is 114 Å². The van der Waals surface area contributed by atoms with E-state index in [4.69, 9.17) is 0 Å². The Morgan fingerprint density at radius 3 is 2.33 bits per heavy atom. The van der Waals surface area contributed by atoms with Gasteiger partial charge in [-0.05, 0) is 66.7 Å². The predicted molar refractivity (Wildman–Crippen MR) is 101 cm³/mol. The zero-order chi connectivity index (χ0) is 19.2. The van der Waals surface area contributed by atoms with Crippen LogP contribution >= 0.6 is 0 Å². The number of benzene rings is 2. The normalized spacial score (nSPS) is 10.5. The van der Waals surface area contributed by atoms with Crippen LogP contribution in [0, 0.1) is 0 Å². The van der Waals surface area contributed by atoms with Gasteiger partial charge in [0.25, 0.3) is 5.91 Å². The lowest BCUT2D eigenvalue weighted by Gasteiger charge is -2.11. The summed E-state index contributed by atoms with van der Waals surface area (Å²) in [6.07, 6.45) is 1.46. The standard InChI is InChI=1S/C18H19N7O2/c1-12(2)20-18(27)22-15-8-6-14(7-9-15)21-17(26)13-4-3-5-16(10-13)25-11-19-23-24-25/h3-12H,1-2H3,(H,21,26)(H2,20,22,27). The van der Waals surface area contributed by atoms with Crippen molar-refractivity contribution in [1.29, 1.82) is 0 Å². The minimum atomic E-state index is -0.277. The summed E-state index contributed by atoms with van der Waals surface area (Å²) in [4.78, 5) is 24.2. The van der Waals surface area contributed by atoms with Crippen molar-refractivity contribution >= 4 is 23.3 Å². The van der Waals surface area contributed by atoms with Crippen molar-refractivity contribution < 1.29 is 9.59 Å². The lowest BCUT2D eigenvalue weighted by atomic mass is 10.2. The highest BCUT2D eigenvalue weighted by atomic mass is 16.2. The second kappa shape index (κ2) is 8.09. The summed E-state index contributed by atoms with van der Waals surface area (Å²) in [5.74, 6) is -0.261. The molecular weight excluding hydrogens is 346 g/mol. The lowest BCUT2D eigenvalue weighted by molar-refractivity contribution is 0.102. The average Bonchev–Trinajstić information content (AvgIpc) is 3.17. The molecule has 1 heterocycles. The monoisotopic (exact) mass is 365 g/mol. The van der Waals surface area contributed by atoms with E-state index in [1.165, 1.54) is 11.0 Å². The van der Waals surface area contributed by atoms with E-state index in [0.29, 0.717) is 22.6 Å². The largest absolute Gasteiger partial charge is 0.336 e. The Labute approximate surface area is 155 Å². The van der Waals surface area contributed by atoms with Crippen molar-refractivity contribution in [3.05, 3.63) is 60.4 Å². The Bertz CT molecular complexity index is 921. The number of carbonyl (C=O) groups is 2. The summed E-state index contributed by atoms with van der Waals surface area (Å²) in [6.45, 7) is 3.76. The molecule has 0 bridgehead atoms. The van der Waals surface area contributed by atoms with Crippen LogP contribution in [-0.4, -0.2) is 38.2 Å². The van der Waals surface area contributed by atoms with Crippen LogP contribution in [0.2, 0.25) is 0 Å². The number of aromatic nitrogens is 4. The van der Waals surface area contributed by atoms with Crippen molar-refractivity contribution in [2.45, 2.75) is 19.9 Å². The third-order valence-electron chi connectivity index (χ3n) is 3.54. The van der Waals surface area contributed by atoms with Crippen LogP contribution < -0.4 is 16.0 Å². The fourth-order valence-corrected chi connectivity index (χ4v) is 2.34. The number of nitrogens with zero attached hydrogens (tertiary/aromatic N) is 4. The average molecular weight is 365 g/mol. The minimum absolute atomic E-state index is 0.0487. The highest BCUT2D eigenvalue weighted by Gasteiger charge is 2.09. The van der Waals surface area contributed by atoms with Crippen molar-refractivity contribution in [3.8, 4) is 5.69 Å². The smallest absolute Gasteiger partial charge is 0.319 e. The van der Waals surface area contributed by atoms with Crippen LogP contribution in [0.25, 0.3) is 5.69 Å². The molecule has 0 fully saturated rings. The van der Waals surface area contributed by atoms with Gasteiger partial charge in [-0.3, -0.25) is 4.79 Å². The van der Waals surface area contributed by atoms with E-state index in [0.717, 1.165) is 0 Å². The number of hydrogen-bond donors (Lipinski definition) is 3. The van der Waals surface area contributed by atoms with Gasteiger partial charge in [0.1, 0.15) is 6.33 Å². The molecule has 3 N–H and O–H groups in total. The van der Waals surface area contributed by atoms with Gasteiger partial charge in [0.2, 0.25) is 0 Å². The van der Waals surface area contributed by atoms with Gasteiger partial charge in [0, 0.05) is 23.0 Å². The van der Waals surface area contributed by atoms with E-state index >= 15 is 0 Å². The SMILES string of the molecule is CC(C)NC(=O)Nc1ccc(NC(=O)c2cccc(-n3cnnn3)c2)cc1. The Kier molecular flexibility index (Phi) is 5.41. The van der Waals surface area contributed by atoms with E-state index < -0.39 is 0 Å². The quantitative estimate of drug-likeness (QED) is 0.643. The van der Waals surface area contributed by atoms with Gasteiger partial charge >= 0.3 is 6.03 Å². The second-order valence-corrected chi connectivity index (χ2v) is 6.09. The highest BCUT2D eigenvalue weighted by Crippen LogP contribution is 2.16. The zero-order valence-corrected chi connectivity index (χ0v) is 14.9. The van der Waals surface area contributed by atoms with Crippen LogP contribution in [0.1, 0.15) is 24.2 Å². The summed E-state index contributed by atoms with van der Waals surface area (Å²) < 4.78 is 1.47. The number of carbonyl (C=O) groups excluding carboxylic acids is 2. The van der Waals surface area contributed by atoms with E-state index in [1.807, 2.05) is 13.8 Å². The maximum absolute atomic E-state index is 12.5. The number of amides is 3. The summed E-state index contributed by atoms with van der Waals surface area (Å²) >= 11 is 0. The molecule has 0 spiro atoms. The molecule has 3 aromatic rings. The van der Waals surface area contributed by atoms with Crippen LogP contribution in [0.5, 0.6) is 0 Å². The Morgan fingerprint density at radius 1 is 1.00 bits per heavy atom. The van der Waals surface area contributed by atoms with Crippen LogP contribution in [-0.2, 0) is 0 Å². The van der Waals surface area contributed by atoms with Gasteiger partial charge in [-0.25, -0.2) is 9.48 Å². The second-order valence-electron chi connectivity index (χ2n) is 6.09. The molecule has 0 radical (unpaired) electrons. The van der Waals surface area contributed by atoms with E-state index in [9.17, 15) is 9.59 Å². The van der Waals surface area contributed by atoms with Crippen LogP contribution in [0.4, 0.5) is 16.2 Å². The molecule has 0 atom stereocenters. The molecule has 138 valence electrons. The van der Waals surface area contributed by atoms with Gasteiger partial charge in [-0.1, -0.05) is 6.07 Å². The maximum atomic E-state index is 12.5. The van der Waals surface area contributed by atoms with E-state index in [2.05, 4.69) is 31.5 Å². The Hall–Kier alpha value is -3.75. The first-order chi connectivity index (χ1) is 13.0. The first kappa shape index (κ1) is 18.1. The molecule has 0 aliphatic heterocycles. The Morgan fingerprint density at radius 2 is 1.70 bits per heavy atom. The first-order valence-corrected chi connectivity index (χ1v) is 8.33. The fourth-order valence-electron chi connectivity index (χ4n) is 2.34. The number of anilines is 2. The maximum Gasteiger partial charge on any atom is 0.319 e. The number of rotatable bonds is 5. The molecule has 1 aromatic heterocycles. The highest BCUT2D eigenvalue weighted by molar-refractivity contribution is 6.04. The molecular formula is C18H19N7O2. The number of hydrogen-bond acceptors (Lipinski definition) is 5. The first-order valence-electron chi connectivity index (χ1n) is 8.33.